The van der Waals surface area contributed by atoms with Gasteiger partial charge in [-0.1, -0.05) is 6.92 Å². The number of ether oxygens (including phenoxy) is 1. The van der Waals surface area contributed by atoms with E-state index in [2.05, 4.69) is 25.3 Å². The van der Waals surface area contributed by atoms with E-state index in [9.17, 15) is 13.2 Å². The second-order valence-electron chi connectivity index (χ2n) is 3.71. The van der Waals surface area contributed by atoms with Crippen LogP contribution in [0.15, 0.2) is 6.20 Å². The van der Waals surface area contributed by atoms with Crippen molar-refractivity contribution in [2.24, 2.45) is 0 Å². The van der Waals surface area contributed by atoms with Gasteiger partial charge < -0.3 is 15.4 Å². The minimum atomic E-state index is -2.50. The van der Waals surface area contributed by atoms with Gasteiger partial charge in [0.05, 0.1) is 12.8 Å². The molecule has 1 rings (SSSR count). The van der Waals surface area contributed by atoms with Gasteiger partial charge in [-0.3, -0.25) is 0 Å². The molecule has 0 aromatic carbocycles. The molecular formula is C11H17F3N4O. The Morgan fingerprint density at radius 3 is 2.79 bits per heavy atom. The summed E-state index contributed by atoms with van der Waals surface area (Å²) in [5.74, 6) is -0.260. The molecule has 1 aromatic heterocycles. The number of alkyl halides is 2. The van der Waals surface area contributed by atoms with Crippen molar-refractivity contribution < 1.29 is 17.9 Å². The van der Waals surface area contributed by atoms with Crippen LogP contribution in [-0.2, 0) is 4.74 Å². The van der Waals surface area contributed by atoms with E-state index in [1.165, 1.54) is 0 Å². The van der Waals surface area contributed by atoms with Gasteiger partial charge in [0, 0.05) is 13.1 Å². The molecule has 0 saturated heterocycles. The van der Waals surface area contributed by atoms with E-state index < -0.39 is 18.8 Å². The zero-order valence-electron chi connectivity index (χ0n) is 10.6. The van der Waals surface area contributed by atoms with Crippen LogP contribution in [0, 0.1) is 5.82 Å². The summed E-state index contributed by atoms with van der Waals surface area (Å²) in [5, 5.41) is 5.59. The van der Waals surface area contributed by atoms with Crippen molar-refractivity contribution in [3.8, 4) is 0 Å². The fourth-order valence-electron chi connectivity index (χ4n) is 1.23. The molecule has 108 valence electrons. The summed E-state index contributed by atoms with van der Waals surface area (Å²) in [5.41, 5.74) is 0. The molecule has 0 spiro atoms. The quantitative estimate of drug-likeness (QED) is 0.678. The molecule has 1 heterocycles. The minimum Gasteiger partial charge on any atom is -0.374 e. The van der Waals surface area contributed by atoms with Gasteiger partial charge in [-0.25, -0.2) is 18.2 Å². The summed E-state index contributed by atoms with van der Waals surface area (Å²) in [7, 11) is 0. The first-order chi connectivity index (χ1) is 9.13. The lowest BCUT2D eigenvalue weighted by atomic mass is 10.5. The first-order valence-corrected chi connectivity index (χ1v) is 5.99. The Bertz CT molecular complexity index is 379. The molecule has 0 bridgehead atoms. The number of hydrogen-bond acceptors (Lipinski definition) is 5. The van der Waals surface area contributed by atoms with Gasteiger partial charge in [0.25, 0.3) is 6.43 Å². The van der Waals surface area contributed by atoms with Gasteiger partial charge in [-0.2, -0.15) is 4.98 Å². The highest BCUT2D eigenvalue weighted by Gasteiger charge is 2.06. The highest BCUT2D eigenvalue weighted by Crippen LogP contribution is 2.11. The molecule has 0 aliphatic heterocycles. The van der Waals surface area contributed by atoms with Crippen molar-refractivity contribution in [3.63, 3.8) is 0 Å². The highest BCUT2D eigenvalue weighted by atomic mass is 19.3. The van der Waals surface area contributed by atoms with Crippen molar-refractivity contribution in [2.45, 2.75) is 19.8 Å². The van der Waals surface area contributed by atoms with Gasteiger partial charge in [-0.05, 0) is 6.42 Å². The van der Waals surface area contributed by atoms with E-state index >= 15 is 0 Å². The maximum Gasteiger partial charge on any atom is 0.261 e. The van der Waals surface area contributed by atoms with Gasteiger partial charge in [0.15, 0.2) is 11.6 Å². The van der Waals surface area contributed by atoms with Crippen LogP contribution in [0.5, 0.6) is 0 Å². The third-order valence-corrected chi connectivity index (χ3v) is 2.06. The topological polar surface area (TPSA) is 59.1 Å². The first kappa shape index (κ1) is 15.5. The third-order valence-electron chi connectivity index (χ3n) is 2.06. The standard InChI is InChI=1S/C11H17F3N4O/c1-2-3-16-11-17-6-8(12)10(18-11)15-4-5-19-7-9(13)14/h6,9H,2-5,7H2,1H3,(H2,15,16,17,18). The van der Waals surface area contributed by atoms with Crippen LogP contribution in [0.3, 0.4) is 0 Å². The predicted octanol–water partition coefficient (Wildman–Crippen LogP) is 2.13. The minimum absolute atomic E-state index is 0.0225. The van der Waals surface area contributed by atoms with Crippen LogP contribution in [-0.4, -0.2) is 42.7 Å². The van der Waals surface area contributed by atoms with Gasteiger partial charge >= 0.3 is 0 Å². The maximum absolute atomic E-state index is 13.4. The molecule has 0 atom stereocenters. The molecular weight excluding hydrogens is 261 g/mol. The fourth-order valence-corrected chi connectivity index (χ4v) is 1.23. The molecule has 19 heavy (non-hydrogen) atoms. The molecule has 5 nitrogen and oxygen atoms in total. The van der Waals surface area contributed by atoms with Crippen LogP contribution in [0.25, 0.3) is 0 Å². The van der Waals surface area contributed by atoms with Crippen molar-refractivity contribution in [2.75, 3.05) is 36.9 Å². The van der Waals surface area contributed by atoms with Crippen molar-refractivity contribution in [1.29, 1.82) is 0 Å². The molecule has 1 aromatic rings. The fraction of sp³-hybridized carbons (Fsp3) is 0.636. The number of halogens is 3. The second kappa shape index (κ2) is 8.52. The average Bonchev–Trinajstić information content (AvgIpc) is 2.38. The predicted molar refractivity (Wildman–Crippen MR) is 66.1 cm³/mol. The molecule has 0 amide bonds. The lowest BCUT2D eigenvalue weighted by Crippen LogP contribution is -2.15. The molecule has 0 fully saturated rings. The Balaban J connectivity index is 2.39. The Morgan fingerprint density at radius 2 is 2.11 bits per heavy atom. The number of nitrogens with one attached hydrogen (secondary N) is 2. The number of anilines is 2. The van der Waals surface area contributed by atoms with Crippen molar-refractivity contribution >= 4 is 11.8 Å². The smallest absolute Gasteiger partial charge is 0.261 e. The van der Waals surface area contributed by atoms with Gasteiger partial charge in [-0.15, -0.1) is 0 Å². The molecule has 0 aliphatic rings. The summed E-state index contributed by atoms with van der Waals surface area (Å²) in [4.78, 5) is 7.71. The Morgan fingerprint density at radius 1 is 1.32 bits per heavy atom. The first-order valence-electron chi connectivity index (χ1n) is 5.99. The van der Waals surface area contributed by atoms with E-state index in [0.29, 0.717) is 12.5 Å². The number of hydrogen-bond donors (Lipinski definition) is 2. The number of nitrogens with zero attached hydrogens (tertiary/aromatic N) is 2. The summed E-state index contributed by atoms with van der Waals surface area (Å²) in [6, 6.07) is 0. The van der Waals surface area contributed by atoms with Crippen LogP contribution in [0.2, 0.25) is 0 Å². The van der Waals surface area contributed by atoms with E-state index in [1.807, 2.05) is 6.92 Å². The summed E-state index contributed by atoms with van der Waals surface area (Å²) >= 11 is 0. The monoisotopic (exact) mass is 278 g/mol. The molecule has 0 unspecified atom stereocenters. The Hall–Kier alpha value is -1.57. The Kier molecular flexibility index (Phi) is 6.94. The normalized spacial score (nSPS) is 10.8. The van der Waals surface area contributed by atoms with Gasteiger partial charge in [0.1, 0.15) is 6.61 Å². The lowest BCUT2D eigenvalue weighted by molar-refractivity contribution is 0.0214. The van der Waals surface area contributed by atoms with Crippen molar-refractivity contribution in [1.82, 2.24) is 9.97 Å². The number of rotatable bonds is 9. The molecule has 0 saturated carbocycles. The SMILES string of the molecule is CCCNc1ncc(F)c(NCCOCC(F)F)n1. The zero-order chi connectivity index (χ0) is 14.1. The summed E-state index contributed by atoms with van der Waals surface area (Å²) < 4.78 is 41.6. The maximum atomic E-state index is 13.4. The van der Waals surface area contributed by atoms with E-state index in [4.69, 9.17) is 0 Å². The van der Waals surface area contributed by atoms with Crippen LogP contribution >= 0.6 is 0 Å². The molecule has 2 N–H and O–H groups in total. The average molecular weight is 278 g/mol. The van der Waals surface area contributed by atoms with Crippen molar-refractivity contribution in [3.05, 3.63) is 12.0 Å². The number of aromatic nitrogens is 2. The van der Waals surface area contributed by atoms with E-state index in [0.717, 1.165) is 12.6 Å². The molecule has 8 heteroatoms. The van der Waals surface area contributed by atoms with Gasteiger partial charge in [0.2, 0.25) is 5.95 Å². The van der Waals surface area contributed by atoms with E-state index in [1.54, 1.807) is 0 Å². The van der Waals surface area contributed by atoms with Crippen LogP contribution < -0.4 is 10.6 Å². The highest BCUT2D eigenvalue weighted by molar-refractivity contribution is 5.40. The Labute approximate surface area is 109 Å². The second-order valence-corrected chi connectivity index (χ2v) is 3.71. The zero-order valence-corrected chi connectivity index (χ0v) is 10.6. The largest absolute Gasteiger partial charge is 0.374 e. The van der Waals surface area contributed by atoms with E-state index in [-0.39, 0.29) is 19.0 Å². The molecule has 0 aliphatic carbocycles. The third kappa shape index (κ3) is 6.23. The van der Waals surface area contributed by atoms with Crippen LogP contribution in [0.1, 0.15) is 13.3 Å². The summed E-state index contributed by atoms with van der Waals surface area (Å²) in [6.45, 7) is 2.27. The molecule has 0 radical (unpaired) electrons. The lowest BCUT2D eigenvalue weighted by Gasteiger charge is -2.09. The summed E-state index contributed by atoms with van der Waals surface area (Å²) in [6.07, 6.45) is -0.557. The van der Waals surface area contributed by atoms with Crippen LogP contribution in [0.4, 0.5) is 24.9 Å².